The van der Waals surface area contributed by atoms with Crippen LogP contribution in [0.2, 0.25) is 0 Å². The van der Waals surface area contributed by atoms with Crippen LogP contribution in [0.4, 0.5) is 51.7 Å². The summed E-state index contributed by atoms with van der Waals surface area (Å²) < 4.78 is 71.6. The monoisotopic (exact) mass is 979 g/mol. The molecule has 0 aliphatic carbocycles. The Morgan fingerprint density at radius 2 is 1.29 bits per heavy atom. The molecular formula is C43H52ClF2N7O11S2. The van der Waals surface area contributed by atoms with E-state index in [9.17, 15) is 23.2 Å². The van der Waals surface area contributed by atoms with Crippen LogP contribution in [0.3, 0.4) is 0 Å². The maximum absolute atomic E-state index is 14.9. The number of carbonyl (C=O) groups is 3. The molecule has 0 unspecified atom stereocenters. The van der Waals surface area contributed by atoms with Gasteiger partial charge in [0, 0.05) is 92.7 Å². The van der Waals surface area contributed by atoms with Gasteiger partial charge in [-0.2, -0.15) is 23.5 Å². The van der Waals surface area contributed by atoms with Gasteiger partial charge in [-0.15, -0.1) is 12.4 Å². The number of anilines is 5. The number of rotatable bonds is 8. The number of halogens is 3. The van der Waals surface area contributed by atoms with Gasteiger partial charge < -0.3 is 47.3 Å². The van der Waals surface area contributed by atoms with Gasteiger partial charge in [-0.05, 0) is 33.6 Å². The second kappa shape index (κ2) is 21.5. The second-order valence-corrected chi connectivity index (χ2v) is 19.0. The summed E-state index contributed by atoms with van der Waals surface area (Å²) in [6.07, 6.45) is 1.90. The lowest BCUT2D eigenvalue weighted by atomic mass is 10.0. The van der Waals surface area contributed by atoms with Crippen molar-refractivity contribution in [2.45, 2.75) is 63.5 Å². The maximum atomic E-state index is 14.9. The third-order valence-electron chi connectivity index (χ3n) is 11.1. The molecule has 0 bridgehead atoms. The SMILES string of the molecule is CC(C)(C)OC(=O)Nc1ccon1.COC[C@@H]1OC(=O)N2c3cc(F)c(N4CCSCC4)cc3OC[C@@H]12.Cl.O=C1O[C@@H](CCc2ccon2)[C@@H]2COc3cc(N4CCSCC4)c(F)cc3N12. The fourth-order valence-electron chi connectivity index (χ4n) is 8.07. The zero-order valence-corrected chi connectivity index (χ0v) is 39.2. The van der Waals surface area contributed by atoms with E-state index in [1.165, 1.54) is 40.5 Å². The lowest BCUT2D eigenvalue weighted by Gasteiger charge is -2.34. The lowest BCUT2D eigenvalue weighted by molar-refractivity contribution is 0.0513. The highest BCUT2D eigenvalue weighted by Gasteiger charge is 2.48. The van der Waals surface area contributed by atoms with Crippen molar-refractivity contribution in [2.24, 2.45) is 0 Å². The van der Waals surface area contributed by atoms with Crippen LogP contribution in [0.15, 0.2) is 58.0 Å². The van der Waals surface area contributed by atoms with E-state index in [0.717, 1.165) is 54.9 Å². The molecule has 6 aliphatic rings. The van der Waals surface area contributed by atoms with Crippen LogP contribution in [0.1, 0.15) is 32.9 Å². The summed E-state index contributed by atoms with van der Waals surface area (Å²) in [7, 11) is 1.55. The molecule has 358 valence electrons. The number of hydrogen-bond donors (Lipinski definition) is 1. The first-order chi connectivity index (χ1) is 31.4. The molecule has 10 rings (SSSR count). The molecule has 18 nitrogen and oxygen atoms in total. The number of nitrogens with zero attached hydrogens (tertiary/aromatic N) is 6. The van der Waals surface area contributed by atoms with Gasteiger partial charge in [-0.3, -0.25) is 15.1 Å². The Labute approximate surface area is 394 Å². The Hall–Kier alpha value is -5.32. The smallest absolute Gasteiger partial charge is 0.415 e. The Balaban J connectivity index is 0.000000156. The van der Waals surface area contributed by atoms with Crippen LogP contribution in [-0.4, -0.2) is 135 Å². The second-order valence-electron chi connectivity index (χ2n) is 16.6. The Morgan fingerprint density at radius 1 is 0.773 bits per heavy atom. The first-order valence-electron chi connectivity index (χ1n) is 21.2. The number of hydrogen-bond acceptors (Lipinski definition) is 17. The van der Waals surface area contributed by atoms with Crippen molar-refractivity contribution in [1.29, 1.82) is 0 Å². The fraction of sp³-hybridized carbons (Fsp3) is 0.512. The van der Waals surface area contributed by atoms with Gasteiger partial charge in [0.15, 0.2) is 11.9 Å². The molecule has 0 radical (unpaired) electrons. The van der Waals surface area contributed by atoms with E-state index in [4.69, 9.17) is 32.9 Å². The van der Waals surface area contributed by atoms with Gasteiger partial charge in [-0.25, -0.2) is 23.2 Å². The summed E-state index contributed by atoms with van der Waals surface area (Å²) in [4.78, 5) is 42.9. The molecule has 4 atom stereocenters. The van der Waals surface area contributed by atoms with Crippen molar-refractivity contribution >= 4 is 82.8 Å². The van der Waals surface area contributed by atoms with E-state index < -0.39 is 30.0 Å². The van der Waals surface area contributed by atoms with Crippen molar-refractivity contribution in [2.75, 3.05) is 101 Å². The number of benzene rings is 2. The average Bonchev–Trinajstić information content (AvgIpc) is 4.12. The number of nitrogens with one attached hydrogen (secondary N) is 1. The van der Waals surface area contributed by atoms with Gasteiger partial charge in [0.25, 0.3) is 0 Å². The number of aromatic nitrogens is 2. The summed E-state index contributed by atoms with van der Waals surface area (Å²) in [5.74, 6) is 4.63. The summed E-state index contributed by atoms with van der Waals surface area (Å²) in [6, 6.07) is 8.96. The van der Waals surface area contributed by atoms with Crippen LogP contribution < -0.4 is 34.4 Å². The molecule has 3 amide bonds. The summed E-state index contributed by atoms with van der Waals surface area (Å²) in [6.45, 7) is 9.52. The van der Waals surface area contributed by atoms with Crippen LogP contribution in [-0.2, 0) is 25.4 Å². The molecule has 4 saturated heterocycles. The number of cyclic esters (lactones) is 2. The molecule has 8 heterocycles. The predicted octanol–water partition coefficient (Wildman–Crippen LogP) is 7.64. The Kier molecular flexibility index (Phi) is 15.9. The molecule has 2 aromatic heterocycles. The molecule has 0 saturated carbocycles. The molecular weight excluding hydrogens is 928 g/mol. The Bertz CT molecular complexity index is 2280. The average molecular weight is 981 g/mol. The molecule has 2 aromatic carbocycles. The number of fused-ring (bicyclic) bond motifs is 6. The number of amides is 3. The predicted molar refractivity (Wildman–Crippen MR) is 246 cm³/mol. The van der Waals surface area contributed by atoms with Crippen LogP contribution >= 0.6 is 35.9 Å². The van der Waals surface area contributed by atoms with Gasteiger partial charge in [0.05, 0.1) is 35.1 Å². The summed E-state index contributed by atoms with van der Waals surface area (Å²) in [5, 5.41) is 9.80. The number of ether oxygens (including phenoxy) is 6. The van der Waals surface area contributed by atoms with Gasteiger partial charge >= 0.3 is 18.3 Å². The number of thioether (sulfide) groups is 2. The standard InChI is InChI=1S/C19H20FN3O4S.C16H19FN2O4S.C8H12N2O3.ClH/c20-13-9-15-18(10-14(13)22-4-7-28-8-5-22)25-11-16-17(27-19(24)23(15)16)2-1-12-3-6-26-21-12;1-21-9-15-13-8-22-14-7-11(18-2-4-24-5-3-18)10(17)6-12(14)19(13)16(20)23-15;1-8(2,3)13-7(11)9-6-4-5-12-10-6;/h3,6,9-10,16-17H,1-2,4-5,7-8,11H2;6-7,13,15H,2-5,8-9H2,1H3;4-5H,1-3H3,(H,9,10,11);1H/t16-,17-;13-,15-;;/m00../s1. The highest BCUT2D eigenvalue weighted by molar-refractivity contribution is 7.99. The highest BCUT2D eigenvalue weighted by atomic mass is 35.5. The third-order valence-corrected chi connectivity index (χ3v) is 13.0. The molecule has 6 aliphatic heterocycles. The van der Waals surface area contributed by atoms with Gasteiger partial charge in [-0.1, -0.05) is 10.3 Å². The topological polar surface area (TPSA) is 184 Å². The quantitative estimate of drug-likeness (QED) is 0.170. The molecule has 4 fully saturated rings. The van der Waals surface area contributed by atoms with Crippen molar-refractivity contribution in [1.82, 2.24) is 10.3 Å². The first-order valence-corrected chi connectivity index (χ1v) is 23.5. The zero-order valence-electron chi connectivity index (χ0n) is 36.8. The fourth-order valence-corrected chi connectivity index (χ4v) is 9.87. The van der Waals surface area contributed by atoms with Gasteiger partial charge in [0.1, 0.15) is 72.7 Å². The van der Waals surface area contributed by atoms with Crippen molar-refractivity contribution < 1.29 is 60.6 Å². The minimum absolute atomic E-state index is 0. The van der Waals surface area contributed by atoms with Crippen LogP contribution in [0.5, 0.6) is 11.5 Å². The van der Waals surface area contributed by atoms with Crippen molar-refractivity contribution in [3.8, 4) is 11.5 Å². The minimum atomic E-state index is -0.540. The lowest BCUT2D eigenvalue weighted by Crippen LogP contribution is -2.45. The third kappa shape index (κ3) is 11.3. The highest BCUT2D eigenvalue weighted by Crippen LogP contribution is 2.44. The van der Waals surface area contributed by atoms with Crippen LogP contribution in [0, 0.1) is 11.6 Å². The largest absolute Gasteiger partial charge is 0.489 e. The normalized spacial score (nSPS) is 21.7. The van der Waals surface area contributed by atoms with Gasteiger partial charge in [0.2, 0.25) is 0 Å². The summed E-state index contributed by atoms with van der Waals surface area (Å²) >= 11 is 3.74. The van der Waals surface area contributed by atoms with Crippen molar-refractivity contribution in [3.05, 3.63) is 66.3 Å². The van der Waals surface area contributed by atoms with E-state index in [1.807, 2.05) is 33.3 Å². The molecule has 1 N–H and O–H groups in total. The Morgan fingerprint density at radius 3 is 1.77 bits per heavy atom. The van der Waals surface area contributed by atoms with E-state index in [2.05, 4.69) is 20.2 Å². The van der Waals surface area contributed by atoms with Crippen molar-refractivity contribution in [3.63, 3.8) is 0 Å². The number of aryl methyl sites for hydroxylation is 1. The molecule has 23 heteroatoms. The maximum Gasteiger partial charge on any atom is 0.415 e. The van der Waals surface area contributed by atoms with E-state index in [0.29, 0.717) is 66.1 Å². The summed E-state index contributed by atoms with van der Waals surface area (Å²) in [5.41, 5.74) is 2.25. The first kappa shape index (κ1) is 48.6. The molecule has 4 aromatic rings. The van der Waals surface area contributed by atoms with E-state index in [-0.39, 0.29) is 48.8 Å². The zero-order chi connectivity index (χ0) is 45.7. The minimum Gasteiger partial charge on any atom is -0.489 e. The molecule has 66 heavy (non-hydrogen) atoms. The van der Waals surface area contributed by atoms with E-state index in [1.54, 1.807) is 46.1 Å². The number of carbonyl (C=O) groups excluding carboxylic acids is 3. The number of methoxy groups -OCH3 is 1. The molecule has 0 spiro atoms. The van der Waals surface area contributed by atoms with Crippen LogP contribution in [0.25, 0.3) is 0 Å². The van der Waals surface area contributed by atoms with E-state index >= 15 is 0 Å².